The smallest absolute Gasteiger partial charge is 0.290 e. The first-order valence-corrected chi connectivity index (χ1v) is 12.3. The van der Waals surface area contributed by atoms with Gasteiger partial charge < -0.3 is 24.4 Å². The van der Waals surface area contributed by atoms with Gasteiger partial charge in [-0.05, 0) is 57.6 Å². The van der Waals surface area contributed by atoms with Gasteiger partial charge in [0.2, 0.25) is 5.78 Å². The average Bonchev–Trinajstić information content (AvgIpc) is 3.31. The SMILES string of the molecule is CCN(CC)CCCN1C(=O)C(O)=C(C(=O)c2sc(C)nc2C)C1c1ccc(OC)c(OC)c1. The Bertz CT molecular complexity index is 1090. The van der Waals surface area contributed by atoms with Crippen LogP contribution in [-0.2, 0) is 4.79 Å². The van der Waals surface area contributed by atoms with E-state index < -0.39 is 17.7 Å². The van der Waals surface area contributed by atoms with Crippen LogP contribution < -0.4 is 9.47 Å². The maximum atomic E-state index is 13.6. The molecule has 0 aliphatic carbocycles. The summed E-state index contributed by atoms with van der Waals surface area (Å²) in [5, 5.41) is 11.7. The highest BCUT2D eigenvalue weighted by Crippen LogP contribution is 2.42. The predicted octanol–water partition coefficient (Wildman–Crippen LogP) is 4.09. The van der Waals surface area contributed by atoms with Crippen molar-refractivity contribution in [2.75, 3.05) is 40.4 Å². The molecular formula is C25H33N3O5S. The zero-order valence-corrected chi connectivity index (χ0v) is 21.5. The number of benzene rings is 1. The van der Waals surface area contributed by atoms with E-state index in [0.717, 1.165) is 24.6 Å². The van der Waals surface area contributed by atoms with Crippen molar-refractivity contribution in [3.63, 3.8) is 0 Å². The molecule has 0 radical (unpaired) electrons. The summed E-state index contributed by atoms with van der Waals surface area (Å²) in [6, 6.07) is 4.56. The lowest BCUT2D eigenvalue weighted by molar-refractivity contribution is -0.129. The number of amides is 1. The van der Waals surface area contributed by atoms with E-state index in [1.54, 1.807) is 37.1 Å². The van der Waals surface area contributed by atoms with Gasteiger partial charge in [-0.15, -0.1) is 11.3 Å². The number of rotatable bonds is 11. The third-order valence-electron chi connectivity index (χ3n) is 6.15. The maximum absolute atomic E-state index is 13.6. The Labute approximate surface area is 204 Å². The van der Waals surface area contributed by atoms with Crippen LogP contribution in [0.1, 0.15) is 52.2 Å². The Kier molecular flexibility index (Phi) is 8.33. The highest BCUT2D eigenvalue weighted by atomic mass is 32.1. The number of nitrogens with zero attached hydrogens (tertiary/aromatic N) is 3. The van der Waals surface area contributed by atoms with Crippen molar-refractivity contribution in [2.24, 2.45) is 0 Å². The number of aromatic nitrogens is 1. The number of aliphatic hydroxyl groups excluding tert-OH is 1. The Hall–Kier alpha value is -2.91. The van der Waals surface area contributed by atoms with Crippen molar-refractivity contribution in [3.8, 4) is 11.5 Å². The van der Waals surface area contributed by atoms with Gasteiger partial charge in [-0.1, -0.05) is 19.9 Å². The van der Waals surface area contributed by atoms with Gasteiger partial charge in [0.25, 0.3) is 5.91 Å². The van der Waals surface area contributed by atoms with Gasteiger partial charge in [-0.2, -0.15) is 0 Å². The van der Waals surface area contributed by atoms with E-state index in [0.29, 0.717) is 40.6 Å². The van der Waals surface area contributed by atoms with Crippen LogP contribution >= 0.6 is 11.3 Å². The zero-order chi connectivity index (χ0) is 25.0. The number of carbonyl (C=O) groups is 2. The number of aliphatic hydroxyl groups is 1. The van der Waals surface area contributed by atoms with E-state index >= 15 is 0 Å². The van der Waals surface area contributed by atoms with E-state index in [4.69, 9.17) is 9.47 Å². The number of methoxy groups -OCH3 is 2. The molecular weight excluding hydrogens is 454 g/mol. The van der Waals surface area contributed by atoms with Crippen LogP contribution in [0.2, 0.25) is 0 Å². The summed E-state index contributed by atoms with van der Waals surface area (Å²) in [5.74, 6) is -0.392. The minimum absolute atomic E-state index is 0.0757. The second-order valence-corrected chi connectivity index (χ2v) is 9.34. The van der Waals surface area contributed by atoms with Crippen LogP contribution in [0, 0.1) is 13.8 Å². The molecule has 1 unspecified atom stereocenters. The third kappa shape index (κ3) is 4.95. The predicted molar refractivity (Wildman–Crippen MR) is 132 cm³/mol. The normalized spacial score (nSPS) is 16.0. The number of Topliss-reactive ketones (excluding diaryl/α,β-unsaturated/α-hetero) is 1. The molecule has 8 nitrogen and oxygen atoms in total. The van der Waals surface area contributed by atoms with Crippen LogP contribution in [-0.4, -0.2) is 72.0 Å². The number of thiazole rings is 1. The monoisotopic (exact) mass is 487 g/mol. The quantitative estimate of drug-likeness (QED) is 0.477. The van der Waals surface area contributed by atoms with E-state index in [1.807, 2.05) is 6.92 Å². The topological polar surface area (TPSA) is 92.2 Å². The van der Waals surface area contributed by atoms with Crippen molar-refractivity contribution >= 4 is 23.0 Å². The molecule has 1 aromatic heterocycles. The van der Waals surface area contributed by atoms with E-state index in [1.165, 1.54) is 18.4 Å². The largest absolute Gasteiger partial charge is 0.503 e. The van der Waals surface area contributed by atoms with Gasteiger partial charge in [0.15, 0.2) is 17.3 Å². The Morgan fingerprint density at radius 2 is 1.85 bits per heavy atom. The number of hydrogen-bond donors (Lipinski definition) is 1. The zero-order valence-electron chi connectivity index (χ0n) is 20.7. The molecule has 2 heterocycles. The lowest BCUT2D eigenvalue weighted by atomic mass is 9.94. The van der Waals surface area contributed by atoms with Crippen molar-refractivity contribution in [2.45, 2.75) is 40.2 Å². The summed E-state index contributed by atoms with van der Waals surface area (Å²) in [4.78, 5) is 35.5. The molecule has 0 saturated heterocycles. The Morgan fingerprint density at radius 1 is 1.18 bits per heavy atom. The van der Waals surface area contributed by atoms with E-state index in [9.17, 15) is 14.7 Å². The molecule has 1 aliphatic heterocycles. The fourth-order valence-electron chi connectivity index (χ4n) is 4.35. The van der Waals surface area contributed by atoms with Gasteiger partial charge in [0.05, 0.1) is 41.4 Å². The van der Waals surface area contributed by atoms with Crippen LogP contribution in [0.5, 0.6) is 11.5 Å². The van der Waals surface area contributed by atoms with Crippen LogP contribution in [0.4, 0.5) is 0 Å². The molecule has 0 saturated carbocycles. The van der Waals surface area contributed by atoms with Crippen LogP contribution in [0.3, 0.4) is 0 Å². The van der Waals surface area contributed by atoms with Crippen molar-refractivity contribution in [3.05, 3.63) is 50.7 Å². The second-order valence-electron chi connectivity index (χ2n) is 8.13. The first-order chi connectivity index (χ1) is 16.3. The summed E-state index contributed by atoms with van der Waals surface area (Å²) in [6.07, 6.45) is 0.713. The first-order valence-electron chi connectivity index (χ1n) is 11.4. The molecule has 184 valence electrons. The number of carbonyl (C=O) groups excluding carboxylic acids is 2. The minimum atomic E-state index is -0.738. The molecule has 0 spiro atoms. The van der Waals surface area contributed by atoms with Gasteiger partial charge in [0.1, 0.15) is 0 Å². The maximum Gasteiger partial charge on any atom is 0.290 e. The standard InChI is InChI=1S/C25H33N3O5S/c1-7-27(8-2)12-9-13-28-21(17-10-11-18(32-5)19(14-17)33-6)20(23(30)25(28)31)22(29)24-15(3)26-16(4)34-24/h10-11,14,21,30H,7-9,12-13H2,1-6H3. The number of ketones is 1. The van der Waals surface area contributed by atoms with Crippen molar-refractivity contribution in [1.82, 2.24) is 14.8 Å². The Balaban J connectivity index is 2.04. The second kappa shape index (κ2) is 11.0. The van der Waals surface area contributed by atoms with E-state index in [-0.39, 0.29) is 11.4 Å². The minimum Gasteiger partial charge on any atom is -0.503 e. The average molecular weight is 488 g/mol. The molecule has 1 N–H and O–H groups in total. The molecule has 1 aromatic carbocycles. The molecule has 34 heavy (non-hydrogen) atoms. The first kappa shape index (κ1) is 25.7. The van der Waals surface area contributed by atoms with Crippen LogP contribution in [0.25, 0.3) is 0 Å². The Morgan fingerprint density at radius 3 is 2.41 bits per heavy atom. The molecule has 0 bridgehead atoms. The lowest BCUT2D eigenvalue weighted by Crippen LogP contribution is -2.34. The molecule has 1 aliphatic rings. The summed E-state index contributed by atoms with van der Waals surface area (Å²) in [6.45, 7) is 10.8. The van der Waals surface area contributed by atoms with Gasteiger partial charge in [-0.25, -0.2) is 4.98 Å². The fourth-order valence-corrected chi connectivity index (χ4v) is 5.23. The summed E-state index contributed by atoms with van der Waals surface area (Å²) < 4.78 is 10.8. The lowest BCUT2D eigenvalue weighted by Gasteiger charge is -2.28. The van der Waals surface area contributed by atoms with Crippen molar-refractivity contribution in [1.29, 1.82) is 0 Å². The molecule has 1 atom stereocenters. The summed E-state index contributed by atoms with van der Waals surface area (Å²) >= 11 is 1.27. The summed E-state index contributed by atoms with van der Waals surface area (Å²) in [7, 11) is 3.08. The van der Waals surface area contributed by atoms with Crippen LogP contribution in [0.15, 0.2) is 29.5 Å². The van der Waals surface area contributed by atoms with Gasteiger partial charge >= 0.3 is 0 Å². The van der Waals surface area contributed by atoms with Gasteiger partial charge in [-0.3, -0.25) is 9.59 Å². The molecule has 1 amide bonds. The van der Waals surface area contributed by atoms with Gasteiger partial charge in [0, 0.05) is 6.54 Å². The molecule has 9 heteroatoms. The summed E-state index contributed by atoms with van der Waals surface area (Å²) in [5.41, 5.74) is 1.33. The van der Waals surface area contributed by atoms with Crippen molar-refractivity contribution < 1.29 is 24.2 Å². The molecule has 0 fully saturated rings. The van der Waals surface area contributed by atoms with E-state index in [2.05, 4.69) is 23.7 Å². The fraction of sp³-hybridized carbons (Fsp3) is 0.480. The molecule has 2 aromatic rings. The number of ether oxygens (including phenoxy) is 2. The highest BCUT2D eigenvalue weighted by Gasteiger charge is 2.44. The third-order valence-corrected chi connectivity index (χ3v) is 7.22. The number of hydrogen-bond acceptors (Lipinski definition) is 8. The highest BCUT2D eigenvalue weighted by molar-refractivity contribution is 7.14. The molecule has 3 rings (SSSR count). The number of aryl methyl sites for hydroxylation is 2.